The predicted molar refractivity (Wildman–Crippen MR) is 121 cm³/mol. The molecule has 0 spiro atoms. The van der Waals surface area contributed by atoms with Crippen LogP contribution in [0.1, 0.15) is 44.1 Å². The quantitative estimate of drug-likeness (QED) is 0.792. The number of amides is 3. The molecule has 3 heterocycles. The van der Waals surface area contributed by atoms with Crippen LogP contribution >= 0.6 is 12.4 Å². The maximum Gasteiger partial charge on any atom is 0.320 e. The van der Waals surface area contributed by atoms with Crippen molar-refractivity contribution in [2.45, 2.75) is 63.2 Å². The molecule has 3 saturated heterocycles. The Bertz CT molecular complexity index is 711. The van der Waals surface area contributed by atoms with Crippen LogP contribution in [0.3, 0.4) is 0 Å². The molecule has 3 aliphatic heterocycles. The van der Waals surface area contributed by atoms with Crippen molar-refractivity contribution in [2.24, 2.45) is 5.92 Å². The smallest absolute Gasteiger partial charge is 0.320 e. The first-order valence-corrected chi connectivity index (χ1v) is 11.1. The first-order valence-electron chi connectivity index (χ1n) is 11.1. The number of rotatable bonds is 4. The Morgan fingerprint density at radius 2 is 1.60 bits per heavy atom. The van der Waals surface area contributed by atoms with Crippen molar-refractivity contribution >= 4 is 24.3 Å². The van der Waals surface area contributed by atoms with Gasteiger partial charge in [-0.15, -0.1) is 12.4 Å². The van der Waals surface area contributed by atoms with E-state index in [1.165, 1.54) is 12.8 Å². The van der Waals surface area contributed by atoms with Gasteiger partial charge in [0.1, 0.15) is 0 Å². The van der Waals surface area contributed by atoms with Gasteiger partial charge < -0.3 is 20.0 Å². The number of benzene rings is 1. The molecule has 2 unspecified atom stereocenters. The van der Waals surface area contributed by atoms with Gasteiger partial charge in [-0.05, 0) is 44.1 Å². The van der Waals surface area contributed by atoms with Gasteiger partial charge in [-0.3, -0.25) is 4.79 Å². The number of carbonyl (C=O) groups is 2. The molecule has 6 nitrogen and oxygen atoms in total. The maximum absolute atomic E-state index is 13.1. The summed E-state index contributed by atoms with van der Waals surface area (Å²) >= 11 is 0. The van der Waals surface area contributed by atoms with Gasteiger partial charge in [0.15, 0.2) is 0 Å². The fourth-order valence-electron chi connectivity index (χ4n) is 5.30. The lowest BCUT2D eigenvalue weighted by molar-refractivity contribution is -0.138. The summed E-state index contributed by atoms with van der Waals surface area (Å²) in [5, 5.41) is 3.65. The lowest BCUT2D eigenvalue weighted by Gasteiger charge is -2.39. The third-order valence-corrected chi connectivity index (χ3v) is 7.05. The summed E-state index contributed by atoms with van der Waals surface area (Å²) in [5.74, 6) is 0.331. The van der Waals surface area contributed by atoms with Crippen LogP contribution in [0.2, 0.25) is 0 Å². The van der Waals surface area contributed by atoms with Gasteiger partial charge in [0.2, 0.25) is 5.91 Å². The van der Waals surface area contributed by atoms with Gasteiger partial charge in [0.05, 0.1) is 0 Å². The molecule has 1 N–H and O–H groups in total. The van der Waals surface area contributed by atoms with Crippen molar-refractivity contribution in [1.82, 2.24) is 20.0 Å². The molecule has 7 heteroatoms. The number of nitrogens with zero attached hydrogens (tertiary/aromatic N) is 3. The molecular weight excluding hydrogens is 400 g/mol. The monoisotopic (exact) mass is 434 g/mol. The van der Waals surface area contributed by atoms with Crippen LogP contribution in [0.25, 0.3) is 0 Å². The number of piperidine rings is 2. The second kappa shape index (κ2) is 10.0. The first kappa shape index (κ1) is 22.9. The second-order valence-corrected chi connectivity index (χ2v) is 9.10. The standard InChI is InChI=1S/C23H34N4O2.ClH/c1-25(16-17-6-4-3-5-7-17)23(29)27-12-10-18(11-13-27)22(28)26(2)21-14-19-8-9-20(15-21)24-19;/h3-7,18-21,24H,8-16H2,1-2H3;1H. The Hall–Kier alpha value is -1.79. The minimum atomic E-state index is 0. The van der Waals surface area contributed by atoms with Crippen LogP contribution in [-0.4, -0.2) is 71.9 Å². The van der Waals surface area contributed by atoms with Crippen LogP contribution in [0.4, 0.5) is 4.79 Å². The van der Waals surface area contributed by atoms with Gasteiger partial charge in [-0.2, -0.15) is 0 Å². The number of halogens is 1. The highest BCUT2D eigenvalue weighted by Gasteiger charge is 2.38. The molecule has 1 aromatic carbocycles. The Kier molecular flexibility index (Phi) is 7.64. The molecule has 0 radical (unpaired) electrons. The number of carbonyl (C=O) groups excluding carboxylic acids is 2. The topological polar surface area (TPSA) is 55.9 Å². The lowest BCUT2D eigenvalue weighted by Crippen LogP contribution is -2.52. The molecular formula is C23H35ClN4O2. The number of fused-ring (bicyclic) bond motifs is 2. The van der Waals surface area contributed by atoms with Crippen molar-refractivity contribution in [3.8, 4) is 0 Å². The highest BCUT2D eigenvalue weighted by atomic mass is 35.5. The summed E-state index contributed by atoms with van der Waals surface area (Å²) in [5.41, 5.74) is 1.13. The minimum absolute atomic E-state index is 0. The Labute approximate surface area is 186 Å². The van der Waals surface area contributed by atoms with Crippen LogP contribution < -0.4 is 5.32 Å². The van der Waals surface area contributed by atoms with Gasteiger partial charge in [0.25, 0.3) is 0 Å². The van der Waals surface area contributed by atoms with E-state index in [1.807, 2.05) is 54.2 Å². The molecule has 0 aliphatic carbocycles. The number of nitrogens with one attached hydrogen (secondary N) is 1. The van der Waals surface area contributed by atoms with E-state index in [0.29, 0.717) is 37.8 Å². The SMILES string of the molecule is CN(Cc1ccccc1)C(=O)N1CCC(C(=O)N(C)C2CC3CCC(C2)N3)CC1.Cl. The molecule has 30 heavy (non-hydrogen) atoms. The molecule has 3 fully saturated rings. The van der Waals surface area contributed by atoms with Gasteiger partial charge >= 0.3 is 6.03 Å². The first-order chi connectivity index (χ1) is 14.0. The van der Waals surface area contributed by atoms with Crippen molar-refractivity contribution in [3.05, 3.63) is 35.9 Å². The zero-order valence-electron chi connectivity index (χ0n) is 18.1. The van der Waals surface area contributed by atoms with E-state index in [4.69, 9.17) is 0 Å². The Morgan fingerprint density at radius 3 is 2.20 bits per heavy atom. The summed E-state index contributed by atoms with van der Waals surface area (Å²) in [6.07, 6.45) is 6.21. The molecule has 166 valence electrons. The number of urea groups is 1. The lowest BCUT2D eigenvalue weighted by atomic mass is 9.92. The number of hydrogen-bond donors (Lipinski definition) is 1. The summed E-state index contributed by atoms with van der Waals surface area (Å²) in [6.45, 7) is 1.94. The van der Waals surface area contributed by atoms with Crippen LogP contribution in [-0.2, 0) is 11.3 Å². The minimum Gasteiger partial charge on any atom is -0.342 e. The Balaban J connectivity index is 0.00000256. The highest BCUT2D eigenvalue weighted by Crippen LogP contribution is 2.31. The molecule has 0 saturated carbocycles. The zero-order valence-corrected chi connectivity index (χ0v) is 18.9. The van der Waals surface area contributed by atoms with Gasteiger partial charge in [0, 0.05) is 57.8 Å². The normalized spacial score (nSPS) is 26.1. The van der Waals surface area contributed by atoms with Crippen LogP contribution in [0.15, 0.2) is 30.3 Å². The maximum atomic E-state index is 13.1. The molecule has 3 aliphatic rings. The highest BCUT2D eigenvalue weighted by molar-refractivity contribution is 5.85. The van der Waals surface area contributed by atoms with Gasteiger partial charge in [-0.1, -0.05) is 30.3 Å². The fraction of sp³-hybridized carbons (Fsp3) is 0.652. The largest absolute Gasteiger partial charge is 0.342 e. The molecule has 3 amide bonds. The number of hydrogen-bond acceptors (Lipinski definition) is 3. The van der Waals surface area contributed by atoms with E-state index in [-0.39, 0.29) is 30.3 Å². The molecule has 1 aromatic rings. The summed E-state index contributed by atoms with van der Waals surface area (Å²) in [7, 11) is 3.84. The molecule has 2 bridgehead atoms. The van der Waals surface area contributed by atoms with Crippen molar-refractivity contribution in [1.29, 1.82) is 0 Å². The Morgan fingerprint density at radius 1 is 1.00 bits per heavy atom. The van der Waals surface area contributed by atoms with Crippen LogP contribution in [0, 0.1) is 5.92 Å². The average molecular weight is 435 g/mol. The zero-order chi connectivity index (χ0) is 20.4. The van der Waals surface area contributed by atoms with Crippen molar-refractivity contribution < 1.29 is 9.59 Å². The van der Waals surface area contributed by atoms with E-state index in [2.05, 4.69) is 5.32 Å². The third-order valence-electron chi connectivity index (χ3n) is 7.05. The predicted octanol–water partition coefficient (Wildman–Crippen LogP) is 3.11. The van der Waals surface area contributed by atoms with Crippen molar-refractivity contribution in [2.75, 3.05) is 27.2 Å². The fourth-order valence-corrected chi connectivity index (χ4v) is 5.30. The molecule has 0 aromatic heterocycles. The van der Waals surface area contributed by atoms with E-state index in [1.54, 1.807) is 4.90 Å². The third kappa shape index (κ3) is 5.09. The van der Waals surface area contributed by atoms with E-state index < -0.39 is 0 Å². The van der Waals surface area contributed by atoms with Crippen LogP contribution in [0.5, 0.6) is 0 Å². The molecule has 2 atom stereocenters. The average Bonchev–Trinajstić information content (AvgIpc) is 3.10. The number of likely N-dealkylation sites (tertiary alicyclic amines) is 1. The van der Waals surface area contributed by atoms with E-state index in [0.717, 1.165) is 31.2 Å². The summed E-state index contributed by atoms with van der Waals surface area (Å²) in [4.78, 5) is 31.6. The van der Waals surface area contributed by atoms with E-state index in [9.17, 15) is 9.59 Å². The summed E-state index contributed by atoms with van der Waals surface area (Å²) in [6, 6.07) is 11.7. The molecule has 4 rings (SSSR count). The second-order valence-electron chi connectivity index (χ2n) is 9.10. The van der Waals surface area contributed by atoms with Crippen molar-refractivity contribution in [3.63, 3.8) is 0 Å². The van der Waals surface area contributed by atoms with E-state index >= 15 is 0 Å². The van der Waals surface area contributed by atoms with Gasteiger partial charge in [-0.25, -0.2) is 4.79 Å². The summed E-state index contributed by atoms with van der Waals surface area (Å²) < 4.78 is 0.